The lowest BCUT2D eigenvalue weighted by atomic mass is 10.1. The lowest BCUT2D eigenvalue weighted by Crippen LogP contribution is -2.25. The average Bonchev–Trinajstić information content (AvgIpc) is 3.03. The van der Waals surface area contributed by atoms with E-state index in [2.05, 4.69) is 41.6 Å². The Bertz CT molecular complexity index is 668. The molecule has 0 saturated carbocycles. The zero-order valence-electron chi connectivity index (χ0n) is 11.7. The van der Waals surface area contributed by atoms with E-state index in [1.807, 2.05) is 24.0 Å². The number of hydrogen-bond donors (Lipinski definition) is 1. The lowest BCUT2D eigenvalue weighted by molar-refractivity contribution is 0.507. The number of benzene rings is 1. The number of hydrogen-bond acceptors (Lipinski definition) is 4. The summed E-state index contributed by atoms with van der Waals surface area (Å²) in [7, 11) is 1.98. The molecule has 1 N–H and O–H groups in total. The van der Waals surface area contributed by atoms with Crippen molar-refractivity contribution >= 4 is 21.6 Å². The zero-order valence-corrected chi connectivity index (χ0v) is 12.5. The fourth-order valence-corrected chi connectivity index (χ4v) is 3.45. The first-order chi connectivity index (χ1) is 9.78. The number of aryl methyl sites for hydroxylation is 1. The third kappa shape index (κ3) is 2.59. The van der Waals surface area contributed by atoms with E-state index in [0.717, 1.165) is 18.5 Å². The molecule has 4 nitrogen and oxygen atoms in total. The summed E-state index contributed by atoms with van der Waals surface area (Å²) in [5.74, 6) is 0. The third-order valence-electron chi connectivity index (χ3n) is 3.38. The molecule has 0 bridgehead atoms. The van der Waals surface area contributed by atoms with Crippen LogP contribution in [-0.4, -0.2) is 21.3 Å². The first-order valence-corrected chi connectivity index (χ1v) is 7.65. The van der Waals surface area contributed by atoms with Gasteiger partial charge in [0.2, 0.25) is 0 Å². The van der Waals surface area contributed by atoms with E-state index in [9.17, 15) is 0 Å². The minimum absolute atomic E-state index is 0.257. The molecule has 1 atom stereocenters. The van der Waals surface area contributed by atoms with Crippen molar-refractivity contribution in [2.45, 2.75) is 19.4 Å². The molecule has 0 fully saturated rings. The van der Waals surface area contributed by atoms with Crippen LogP contribution in [0.5, 0.6) is 0 Å². The smallest absolute Gasteiger partial charge is 0.0958 e. The van der Waals surface area contributed by atoms with E-state index in [-0.39, 0.29) is 6.04 Å². The van der Waals surface area contributed by atoms with Gasteiger partial charge in [0.05, 0.1) is 27.0 Å². The second kappa shape index (κ2) is 5.73. The Hall–Kier alpha value is -1.72. The van der Waals surface area contributed by atoms with E-state index in [1.54, 1.807) is 11.3 Å². The normalized spacial score (nSPS) is 12.9. The zero-order chi connectivity index (χ0) is 13.9. The minimum atomic E-state index is 0.257. The van der Waals surface area contributed by atoms with Gasteiger partial charge in [-0.1, -0.05) is 19.1 Å². The predicted octanol–water partition coefficient (Wildman–Crippen LogP) is 2.92. The average molecular weight is 286 g/mol. The molecule has 3 rings (SSSR count). The SMILES string of the molecule is CCNC(Cc1nc2ccccc2s1)c1ccnn1C. The van der Waals surface area contributed by atoms with Crippen LogP contribution in [0.4, 0.5) is 0 Å². The number of thiazole rings is 1. The van der Waals surface area contributed by atoms with E-state index in [0.29, 0.717) is 0 Å². The molecule has 3 aromatic rings. The van der Waals surface area contributed by atoms with Crippen molar-refractivity contribution in [3.8, 4) is 0 Å². The van der Waals surface area contributed by atoms with Gasteiger partial charge in [-0.05, 0) is 24.7 Å². The highest BCUT2D eigenvalue weighted by Crippen LogP contribution is 2.25. The first-order valence-electron chi connectivity index (χ1n) is 6.83. The van der Waals surface area contributed by atoms with E-state index in [4.69, 9.17) is 4.98 Å². The van der Waals surface area contributed by atoms with Crippen molar-refractivity contribution in [1.29, 1.82) is 0 Å². The molecule has 0 aliphatic heterocycles. The number of nitrogens with one attached hydrogen (secondary N) is 1. The van der Waals surface area contributed by atoms with Gasteiger partial charge >= 0.3 is 0 Å². The highest BCUT2D eigenvalue weighted by molar-refractivity contribution is 7.18. The van der Waals surface area contributed by atoms with Gasteiger partial charge in [-0.3, -0.25) is 4.68 Å². The number of likely N-dealkylation sites (N-methyl/N-ethyl adjacent to an activating group) is 1. The highest BCUT2D eigenvalue weighted by atomic mass is 32.1. The van der Waals surface area contributed by atoms with Gasteiger partial charge in [0.25, 0.3) is 0 Å². The number of para-hydroxylation sites is 1. The molecular formula is C15H18N4S. The second-order valence-electron chi connectivity index (χ2n) is 4.77. The quantitative estimate of drug-likeness (QED) is 0.784. The van der Waals surface area contributed by atoms with Crippen LogP contribution in [0, 0.1) is 0 Å². The fraction of sp³-hybridized carbons (Fsp3) is 0.333. The van der Waals surface area contributed by atoms with Crippen LogP contribution in [0.1, 0.15) is 23.7 Å². The molecule has 2 heterocycles. The second-order valence-corrected chi connectivity index (χ2v) is 5.88. The Morgan fingerprint density at radius 1 is 1.30 bits per heavy atom. The van der Waals surface area contributed by atoms with Crippen LogP contribution in [0.15, 0.2) is 36.5 Å². The van der Waals surface area contributed by atoms with Crippen LogP contribution < -0.4 is 5.32 Å². The molecule has 1 aromatic carbocycles. The molecule has 2 aromatic heterocycles. The maximum atomic E-state index is 4.72. The summed E-state index contributed by atoms with van der Waals surface area (Å²) in [6, 6.07) is 10.6. The van der Waals surface area contributed by atoms with Crippen LogP contribution in [-0.2, 0) is 13.5 Å². The molecule has 1 unspecified atom stereocenters. The lowest BCUT2D eigenvalue weighted by Gasteiger charge is -2.16. The van der Waals surface area contributed by atoms with Gasteiger partial charge in [0.15, 0.2) is 0 Å². The topological polar surface area (TPSA) is 42.7 Å². The van der Waals surface area contributed by atoms with Crippen LogP contribution >= 0.6 is 11.3 Å². The van der Waals surface area contributed by atoms with Crippen molar-refractivity contribution in [3.63, 3.8) is 0 Å². The number of fused-ring (bicyclic) bond motifs is 1. The van der Waals surface area contributed by atoms with Crippen LogP contribution in [0.3, 0.4) is 0 Å². The van der Waals surface area contributed by atoms with Crippen LogP contribution in [0.25, 0.3) is 10.2 Å². The Kier molecular flexibility index (Phi) is 3.80. The van der Waals surface area contributed by atoms with E-state index >= 15 is 0 Å². The van der Waals surface area contributed by atoms with Crippen molar-refractivity contribution < 1.29 is 0 Å². The number of rotatable bonds is 5. The Labute approximate surface area is 122 Å². The predicted molar refractivity (Wildman–Crippen MR) is 82.9 cm³/mol. The van der Waals surface area contributed by atoms with Crippen LogP contribution in [0.2, 0.25) is 0 Å². The summed E-state index contributed by atoms with van der Waals surface area (Å²) in [5, 5.41) is 8.95. The molecule has 0 radical (unpaired) electrons. The molecular weight excluding hydrogens is 268 g/mol. The molecule has 20 heavy (non-hydrogen) atoms. The van der Waals surface area contributed by atoms with E-state index < -0.39 is 0 Å². The molecule has 0 aliphatic rings. The Morgan fingerprint density at radius 3 is 2.85 bits per heavy atom. The standard InChI is InChI=1S/C15H18N4S/c1-3-16-12(13-8-9-17-19(13)2)10-15-18-11-6-4-5-7-14(11)20-15/h4-9,12,16H,3,10H2,1-2H3. The summed E-state index contributed by atoms with van der Waals surface area (Å²) in [6.45, 7) is 3.06. The molecule has 5 heteroatoms. The van der Waals surface area contributed by atoms with Crippen molar-refractivity contribution in [2.24, 2.45) is 7.05 Å². The van der Waals surface area contributed by atoms with Gasteiger partial charge in [0.1, 0.15) is 0 Å². The van der Waals surface area contributed by atoms with E-state index in [1.165, 1.54) is 15.4 Å². The summed E-state index contributed by atoms with van der Waals surface area (Å²) in [6.07, 6.45) is 2.74. The molecule has 0 amide bonds. The van der Waals surface area contributed by atoms with Crippen molar-refractivity contribution in [3.05, 3.63) is 47.2 Å². The van der Waals surface area contributed by atoms with Gasteiger partial charge in [-0.15, -0.1) is 11.3 Å². The van der Waals surface area contributed by atoms with Gasteiger partial charge in [-0.25, -0.2) is 4.98 Å². The summed E-state index contributed by atoms with van der Waals surface area (Å²) >= 11 is 1.77. The Morgan fingerprint density at radius 2 is 2.15 bits per heavy atom. The monoisotopic (exact) mass is 286 g/mol. The van der Waals surface area contributed by atoms with Crippen molar-refractivity contribution in [1.82, 2.24) is 20.1 Å². The summed E-state index contributed by atoms with van der Waals surface area (Å²) < 4.78 is 3.18. The van der Waals surface area contributed by atoms with Gasteiger partial charge in [-0.2, -0.15) is 5.10 Å². The molecule has 104 valence electrons. The number of nitrogens with zero attached hydrogens (tertiary/aromatic N) is 3. The highest BCUT2D eigenvalue weighted by Gasteiger charge is 2.16. The summed E-state index contributed by atoms with van der Waals surface area (Å²) in [5.41, 5.74) is 2.29. The van der Waals surface area contributed by atoms with Crippen molar-refractivity contribution in [2.75, 3.05) is 6.54 Å². The Balaban J connectivity index is 1.88. The molecule has 0 spiro atoms. The first kappa shape index (κ1) is 13.3. The molecule has 0 aliphatic carbocycles. The van der Waals surface area contributed by atoms with Gasteiger partial charge < -0.3 is 5.32 Å². The largest absolute Gasteiger partial charge is 0.309 e. The fourth-order valence-electron chi connectivity index (χ4n) is 2.44. The third-order valence-corrected chi connectivity index (χ3v) is 4.44. The maximum absolute atomic E-state index is 4.72. The minimum Gasteiger partial charge on any atom is -0.309 e. The summed E-state index contributed by atoms with van der Waals surface area (Å²) in [4.78, 5) is 4.72. The number of aromatic nitrogens is 3. The molecule has 0 saturated heterocycles. The maximum Gasteiger partial charge on any atom is 0.0958 e. The van der Waals surface area contributed by atoms with Gasteiger partial charge in [0, 0.05) is 19.7 Å².